The van der Waals surface area contributed by atoms with Gasteiger partial charge in [0.05, 0.1) is 18.8 Å². The maximum Gasteiger partial charge on any atom is 0.233 e. The summed E-state index contributed by atoms with van der Waals surface area (Å²) in [6.07, 6.45) is 5.54. The molecule has 2 rings (SSSR count). The van der Waals surface area contributed by atoms with Gasteiger partial charge in [0.1, 0.15) is 0 Å². The topological polar surface area (TPSA) is 59.9 Å². The fourth-order valence-corrected chi connectivity index (χ4v) is 2.44. The van der Waals surface area contributed by atoms with Crippen LogP contribution in [0.5, 0.6) is 5.88 Å². The summed E-state index contributed by atoms with van der Waals surface area (Å²) >= 11 is 3.45. The second-order valence-electron chi connectivity index (χ2n) is 4.72. The van der Waals surface area contributed by atoms with Gasteiger partial charge in [0.25, 0.3) is 0 Å². The monoisotopic (exact) mass is 350 g/mol. The third-order valence-corrected chi connectivity index (χ3v) is 3.50. The lowest BCUT2D eigenvalue weighted by Crippen LogP contribution is -2.25. The van der Waals surface area contributed by atoms with E-state index in [1.165, 1.54) is 0 Å². The summed E-state index contributed by atoms with van der Waals surface area (Å²) in [6.45, 7) is 3.07. The van der Waals surface area contributed by atoms with Gasteiger partial charge in [-0.2, -0.15) is 5.10 Å². The molecule has 0 radical (unpaired) electrons. The fourth-order valence-electron chi connectivity index (χ4n) is 2.03. The molecular weight excluding hydrogens is 332 g/mol. The molecule has 1 unspecified atom stereocenters. The van der Waals surface area contributed by atoms with Crippen molar-refractivity contribution >= 4 is 15.9 Å². The Morgan fingerprint density at radius 3 is 2.76 bits per heavy atom. The number of methoxy groups -OCH3 is 1. The Hall–Kier alpha value is -1.53. The summed E-state index contributed by atoms with van der Waals surface area (Å²) < 4.78 is 6.04. The van der Waals surface area contributed by atoms with Crippen LogP contribution < -0.4 is 10.1 Å². The van der Waals surface area contributed by atoms with Crippen molar-refractivity contribution in [3.05, 3.63) is 46.3 Å². The largest absolute Gasteiger partial charge is 0.480 e. The van der Waals surface area contributed by atoms with Crippen molar-refractivity contribution in [2.75, 3.05) is 13.7 Å². The molecule has 0 aliphatic rings. The van der Waals surface area contributed by atoms with Crippen molar-refractivity contribution < 1.29 is 4.74 Å². The Kier molecular flexibility index (Phi) is 6.07. The minimum absolute atomic E-state index is 0.111. The molecule has 0 aromatic carbocycles. The Balaban J connectivity index is 2.16. The van der Waals surface area contributed by atoms with Crippen molar-refractivity contribution in [3.8, 4) is 5.88 Å². The van der Waals surface area contributed by atoms with Gasteiger partial charge < -0.3 is 10.1 Å². The maximum atomic E-state index is 5.05. The lowest BCUT2D eigenvalue weighted by molar-refractivity contribution is 0.389. The van der Waals surface area contributed by atoms with E-state index in [1.54, 1.807) is 13.3 Å². The van der Waals surface area contributed by atoms with Crippen LogP contribution in [0.1, 0.15) is 30.6 Å². The molecule has 0 aliphatic carbocycles. The first-order chi connectivity index (χ1) is 10.2. The first kappa shape index (κ1) is 15.9. The van der Waals surface area contributed by atoms with Crippen LogP contribution in [-0.4, -0.2) is 28.8 Å². The summed E-state index contributed by atoms with van der Waals surface area (Å²) in [5, 5.41) is 11.8. The van der Waals surface area contributed by atoms with Crippen LogP contribution >= 0.6 is 15.9 Å². The van der Waals surface area contributed by atoms with Crippen molar-refractivity contribution in [2.45, 2.75) is 25.8 Å². The highest BCUT2D eigenvalue weighted by Crippen LogP contribution is 2.19. The number of rotatable bonds is 7. The second kappa shape index (κ2) is 8.05. The molecule has 2 heterocycles. The van der Waals surface area contributed by atoms with Gasteiger partial charge in [-0.05, 0) is 53.0 Å². The van der Waals surface area contributed by atoms with Crippen molar-refractivity contribution in [1.29, 1.82) is 0 Å². The van der Waals surface area contributed by atoms with Crippen LogP contribution in [0.25, 0.3) is 0 Å². The highest BCUT2D eigenvalue weighted by Gasteiger charge is 2.14. The molecule has 0 amide bonds. The number of aromatic nitrogens is 3. The summed E-state index contributed by atoms with van der Waals surface area (Å²) in [4.78, 5) is 4.21. The second-order valence-corrected chi connectivity index (χ2v) is 5.64. The smallest absolute Gasteiger partial charge is 0.233 e. The van der Waals surface area contributed by atoms with Crippen molar-refractivity contribution in [3.63, 3.8) is 0 Å². The number of halogens is 1. The van der Waals surface area contributed by atoms with Gasteiger partial charge in [0.2, 0.25) is 5.88 Å². The zero-order valence-corrected chi connectivity index (χ0v) is 13.8. The van der Waals surface area contributed by atoms with Crippen molar-refractivity contribution in [2.24, 2.45) is 0 Å². The average molecular weight is 351 g/mol. The van der Waals surface area contributed by atoms with Crippen LogP contribution in [0.2, 0.25) is 0 Å². The van der Waals surface area contributed by atoms with E-state index in [0.29, 0.717) is 5.88 Å². The molecule has 0 saturated heterocycles. The summed E-state index contributed by atoms with van der Waals surface area (Å²) in [5.74, 6) is 0.525. The van der Waals surface area contributed by atoms with Gasteiger partial charge in [-0.25, -0.2) is 0 Å². The predicted octanol–water partition coefficient (Wildman–Crippen LogP) is 2.93. The van der Waals surface area contributed by atoms with Crippen LogP contribution in [0.4, 0.5) is 0 Å². The van der Waals surface area contributed by atoms with Crippen LogP contribution in [0.3, 0.4) is 0 Å². The molecule has 1 N–H and O–H groups in total. The molecule has 0 fully saturated rings. The zero-order chi connectivity index (χ0) is 15.1. The zero-order valence-electron chi connectivity index (χ0n) is 12.2. The molecule has 0 bridgehead atoms. The first-order valence-corrected chi connectivity index (χ1v) is 7.72. The SMILES string of the molecule is CCCNC(Cc1cncc(Br)c1)c1ccc(OC)nn1. The van der Waals surface area contributed by atoms with E-state index in [0.717, 1.165) is 35.1 Å². The van der Waals surface area contributed by atoms with Gasteiger partial charge in [0, 0.05) is 22.9 Å². The lowest BCUT2D eigenvalue weighted by atomic mass is 10.0. The molecular formula is C15H19BrN4O. The number of pyridine rings is 1. The third-order valence-electron chi connectivity index (χ3n) is 3.07. The molecule has 0 aliphatic heterocycles. The molecule has 1 atom stereocenters. The quantitative estimate of drug-likeness (QED) is 0.831. The fraction of sp³-hybridized carbons (Fsp3) is 0.400. The molecule has 5 nitrogen and oxygen atoms in total. The van der Waals surface area contributed by atoms with Crippen LogP contribution in [0, 0.1) is 0 Å². The van der Waals surface area contributed by atoms with Gasteiger partial charge in [-0.3, -0.25) is 4.98 Å². The molecule has 2 aromatic heterocycles. The van der Waals surface area contributed by atoms with Crippen LogP contribution in [-0.2, 0) is 6.42 Å². The molecule has 0 saturated carbocycles. The Labute approximate surface area is 133 Å². The minimum atomic E-state index is 0.111. The molecule has 112 valence electrons. The van der Waals surface area contributed by atoms with E-state index >= 15 is 0 Å². The normalized spacial score (nSPS) is 12.1. The highest BCUT2D eigenvalue weighted by atomic mass is 79.9. The number of hydrogen-bond donors (Lipinski definition) is 1. The van der Waals surface area contributed by atoms with E-state index < -0.39 is 0 Å². The van der Waals surface area contributed by atoms with Gasteiger partial charge in [-0.1, -0.05) is 6.92 Å². The van der Waals surface area contributed by atoms with Gasteiger partial charge in [-0.15, -0.1) is 5.10 Å². The average Bonchev–Trinajstić information content (AvgIpc) is 2.51. The molecule has 21 heavy (non-hydrogen) atoms. The van der Waals surface area contributed by atoms with Gasteiger partial charge >= 0.3 is 0 Å². The summed E-state index contributed by atoms with van der Waals surface area (Å²) in [6, 6.07) is 5.97. The van der Waals surface area contributed by atoms with E-state index in [4.69, 9.17) is 4.74 Å². The molecule has 0 spiro atoms. The Morgan fingerprint density at radius 2 is 2.14 bits per heavy atom. The minimum Gasteiger partial charge on any atom is -0.480 e. The predicted molar refractivity (Wildman–Crippen MR) is 85.3 cm³/mol. The summed E-state index contributed by atoms with van der Waals surface area (Å²) in [5.41, 5.74) is 2.06. The van der Waals surface area contributed by atoms with E-state index in [1.807, 2.05) is 18.3 Å². The summed E-state index contributed by atoms with van der Waals surface area (Å²) in [7, 11) is 1.59. The first-order valence-electron chi connectivity index (χ1n) is 6.93. The molecule has 6 heteroatoms. The molecule has 2 aromatic rings. The Morgan fingerprint density at radius 1 is 1.29 bits per heavy atom. The number of nitrogens with one attached hydrogen (secondary N) is 1. The van der Waals surface area contributed by atoms with E-state index in [-0.39, 0.29) is 6.04 Å². The number of nitrogens with zero attached hydrogens (tertiary/aromatic N) is 3. The third kappa shape index (κ3) is 4.75. The Bertz CT molecular complexity index is 562. The van der Waals surface area contributed by atoms with Crippen LogP contribution in [0.15, 0.2) is 35.1 Å². The lowest BCUT2D eigenvalue weighted by Gasteiger charge is -2.17. The number of ether oxygens (including phenoxy) is 1. The maximum absolute atomic E-state index is 5.05. The van der Waals surface area contributed by atoms with Crippen molar-refractivity contribution in [1.82, 2.24) is 20.5 Å². The van der Waals surface area contributed by atoms with E-state index in [2.05, 4.69) is 49.4 Å². The van der Waals surface area contributed by atoms with E-state index in [9.17, 15) is 0 Å². The highest BCUT2D eigenvalue weighted by molar-refractivity contribution is 9.10. The standard InChI is InChI=1S/C15H19BrN4O/c1-3-6-18-14(8-11-7-12(16)10-17-9-11)13-4-5-15(21-2)20-19-13/h4-5,7,9-10,14,18H,3,6,8H2,1-2H3. The number of hydrogen-bond acceptors (Lipinski definition) is 5. The van der Waals surface area contributed by atoms with Gasteiger partial charge in [0.15, 0.2) is 0 Å².